The summed E-state index contributed by atoms with van der Waals surface area (Å²) in [6, 6.07) is 8.42. The topological polar surface area (TPSA) is 12.5 Å². The molecule has 0 N–H and O–H groups in total. The second kappa shape index (κ2) is 3.13. The van der Waals surface area contributed by atoms with E-state index in [9.17, 15) is 0 Å². The normalized spacial score (nSPS) is 26.5. The number of ether oxygens (including phenoxy) is 1. The summed E-state index contributed by atoms with van der Waals surface area (Å²) in [6.07, 6.45) is 0.356. The maximum absolute atomic E-state index is 5.82. The molecular formula is C11H15NO. The van der Waals surface area contributed by atoms with E-state index in [0.717, 1.165) is 0 Å². The van der Waals surface area contributed by atoms with Crippen LogP contribution >= 0.6 is 0 Å². The lowest BCUT2D eigenvalue weighted by Gasteiger charge is -2.19. The van der Waals surface area contributed by atoms with E-state index in [0.29, 0.717) is 0 Å². The van der Waals surface area contributed by atoms with Gasteiger partial charge >= 0.3 is 0 Å². The summed E-state index contributed by atoms with van der Waals surface area (Å²) in [5.41, 5.74) is 2.63. The third-order valence-electron chi connectivity index (χ3n) is 2.50. The highest BCUT2D eigenvalue weighted by Gasteiger charge is 2.29. The Morgan fingerprint density at radius 3 is 2.38 bits per heavy atom. The molecule has 0 saturated carbocycles. The summed E-state index contributed by atoms with van der Waals surface area (Å²) in [5, 5.41) is 0. The van der Waals surface area contributed by atoms with Crippen molar-refractivity contribution in [3.63, 3.8) is 0 Å². The fraction of sp³-hybridized carbons (Fsp3) is 0.455. The standard InChI is InChI=1S/C11H15NO/c1-8-9-6-4-5-7-10(9)11(13-8)12(2)3/h4-8,11H,1-3H3/t8-,11?/m0/s1. The molecule has 70 valence electrons. The maximum atomic E-state index is 5.82. The van der Waals surface area contributed by atoms with Gasteiger partial charge in [0.05, 0.1) is 6.10 Å². The van der Waals surface area contributed by atoms with E-state index in [4.69, 9.17) is 4.74 Å². The largest absolute Gasteiger partial charge is 0.351 e. The molecule has 0 aromatic heterocycles. The third kappa shape index (κ3) is 1.36. The summed E-state index contributed by atoms with van der Waals surface area (Å²) >= 11 is 0. The quantitative estimate of drug-likeness (QED) is 0.652. The summed E-state index contributed by atoms with van der Waals surface area (Å²) in [4.78, 5) is 2.10. The Bertz CT molecular complexity index is 309. The molecule has 0 amide bonds. The monoisotopic (exact) mass is 177 g/mol. The van der Waals surface area contributed by atoms with Gasteiger partial charge in [-0.1, -0.05) is 24.3 Å². The zero-order chi connectivity index (χ0) is 9.42. The zero-order valence-corrected chi connectivity index (χ0v) is 8.32. The van der Waals surface area contributed by atoms with E-state index in [1.807, 2.05) is 14.1 Å². The van der Waals surface area contributed by atoms with Gasteiger partial charge in [0.2, 0.25) is 0 Å². The number of hydrogen-bond acceptors (Lipinski definition) is 2. The average molecular weight is 177 g/mol. The first-order chi connectivity index (χ1) is 6.20. The van der Waals surface area contributed by atoms with Gasteiger partial charge in [-0.2, -0.15) is 0 Å². The van der Waals surface area contributed by atoms with Gasteiger partial charge in [-0.3, -0.25) is 4.90 Å². The van der Waals surface area contributed by atoms with Gasteiger partial charge in [0.25, 0.3) is 0 Å². The van der Waals surface area contributed by atoms with Crippen molar-refractivity contribution in [2.45, 2.75) is 19.3 Å². The molecule has 0 radical (unpaired) electrons. The zero-order valence-electron chi connectivity index (χ0n) is 8.32. The van der Waals surface area contributed by atoms with Crippen LogP contribution in [0.1, 0.15) is 30.4 Å². The minimum Gasteiger partial charge on any atom is -0.351 e. The Morgan fingerprint density at radius 1 is 1.15 bits per heavy atom. The maximum Gasteiger partial charge on any atom is 0.137 e. The third-order valence-corrected chi connectivity index (χ3v) is 2.50. The highest BCUT2D eigenvalue weighted by molar-refractivity contribution is 5.33. The summed E-state index contributed by atoms with van der Waals surface area (Å²) in [5.74, 6) is 0. The number of hydrogen-bond donors (Lipinski definition) is 0. The highest BCUT2D eigenvalue weighted by Crippen LogP contribution is 2.39. The van der Waals surface area contributed by atoms with Crippen LogP contribution in [0.4, 0.5) is 0 Å². The van der Waals surface area contributed by atoms with Gasteiger partial charge in [-0.25, -0.2) is 0 Å². The molecule has 2 heteroatoms. The van der Waals surface area contributed by atoms with E-state index in [-0.39, 0.29) is 12.3 Å². The van der Waals surface area contributed by atoms with E-state index in [2.05, 4.69) is 36.1 Å². The van der Waals surface area contributed by atoms with Crippen LogP contribution in [0.25, 0.3) is 0 Å². The van der Waals surface area contributed by atoms with E-state index in [1.54, 1.807) is 0 Å². The van der Waals surface area contributed by atoms with Gasteiger partial charge in [-0.15, -0.1) is 0 Å². The Labute approximate surface area is 79.1 Å². The van der Waals surface area contributed by atoms with Crippen molar-refractivity contribution in [2.24, 2.45) is 0 Å². The molecule has 13 heavy (non-hydrogen) atoms. The molecule has 0 saturated heterocycles. The predicted octanol–water partition coefficient (Wildman–Crippen LogP) is 2.34. The van der Waals surface area contributed by atoms with E-state index < -0.39 is 0 Å². The molecule has 0 fully saturated rings. The Balaban J connectivity index is 2.41. The van der Waals surface area contributed by atoms with Crippen LogP contribution in [0, 0.1) is 0 Å². The molecule has 2 nitrogen and oxygen atoms in total. The van der Waals surface area contributed by atoms with Crippen LogP contribution in [0.3, 0.4) is 0 Å². The van der Waals surface area contributed by atoms with Gasteiger partial charge < -0.3 is 4.74 Å². The van der Waals surface area contributed by atoms with Crippen molar-refractivity contribution in [1.82, 2.24) is 4.90 Å². The Morgan fingerprint density at radius 2 is 1.77 bits per heavy atom. The fourth-order valence-electron chi connectivity index (χ4n) is 1.85. The number of rotatable bonds is 1. The highest BCUT2D eigenvalue weighted by atomic mass is 16.5. The lowest BCUT2D eigenvalue weighted by atomic mass is 10.1. The van der Waals surface area contributed by atoms with E-state index >= 15 is 0 Å². The van der Waals surface area contributed by atoms with Crippen LogP contribution in [0.2, 0.25) is 0 Å². The number of nitrogens with zero attached hydrogens (tertiary/aromatic N) is 1. The van der Waals surface area contributed by atoms with Crippen LogP contribution < -0.4 is 0 Å². The second-order valence-electron chi connectivity index (χ2n) is 3.72. The van der Waals surface area contributed by atoms with Crippen molar-refractivity contribution in [1.29, 1.82) is 0 Å². The van der Waals surface area contributed by atoms with Crippen LogP contribution in [0.5, 0.6) is 0 Å². The molecule has 1 aliphatic rings. The first kappa shape index (κ1) is 8.73. The van der Waals surface area contributed by atoms with Crippen molar-refractivity contribution >= 4 is 0 Å². The minimum absolute atomic E-state index is 0.131. The van der Waals surface area contributed by atoms with Crippen LogP contribution in [0.15, 0.2) is 24.3 Å². The molecule has 0 spiro atoms. The molecule has 1 unspecified atom stereocenters. The molecule has 2 rings (SSSR count). The lowest BCUT2D eigenvalue weighted by Crippen LogP contribution is -2.18. The smallest absolute Gasteiger partial charge is 0.137 e. The molecule has 1 aliphatic heterocycles. The van der Waals surface area contributed by atoms with Gasteiger partial charge in [-0.05, 0) is 26.6 Å². The lowest BCUT2D eigenvalue weighted by molar-refractivity contribution is -0.0563. The summed E-state index contributed by atoms with van der Waals surface area (Å²) < 4.78 is 5.82. The van der Waals surface area contributed by atoms with Crippen LogP contribution in [-0.4, -0.2) is 19.0 Å². The molecule has 1 aromatic rings. The Kier molecular flexibility index (Phi) is 2.10. The SMILES string of the molecule is C[C@@H]1OC(N(C)C)c2ccccc21. The number of fused-ring (bicyclic) bond motifs is 1. The van der Waals surface area contributed by atoms with Crippen LogP contribution in [-0.2, 0) is 4.74 Å². The van der Waals surface area contributed by atoms with Crippen molar-refractivity contribution < 1.29 is 4.74 Å². The molecule has 0 bridgehead atoms. The molecular weight excluding hydrogens is 162 g/mol. The van der Waals surface area contributed by atoms with Gasteiger partial charge in [0, 0.05) is 5.56 Å². The molecule has 1 heterocycles. The second-order valence-corrected chi connectivity index (χ2v) is 3.72. The molecule has 0 aliphatic carbocycles. The number of benzene rings is 1. The van der Waals surface area contributed by atoms with Crippen molar-refractivity contribution in [2.75, 3.05) is 14.1 Å². The minimum atomic E-state index is 0.131. The first-order valence-electron chi connectivity index (χ1n) is 4.61. The Hall–Kier alpha value is -0.860. The van der Waals surface area contributed by atoms with Crippen molar-refractivity contribution in [3.05, 3.63) is 35.4 Å². The predicted molar refractivity (Wildman–Crippen MR) is 52.4 cm³/mol. The first-order valence-corrected chi connectivity index (χ1v) is 4.61. The van der Waals surface area contributed by atoms with E-state index in [1.165, 1.54) is 11.1 Å². The summed E-state index contributed by atoms with van der Waals surface area (Å²) in [7, 11) is 4.08. The van der Waals surface area contributed by atoms with Gasteiger partial charge in [0.1, 0.15) is 6.23 Å². The average Bonchev–Trinajstić information content (AvgIpc) is 2.45. The molecule has 2 atom stereocenters. The van der Waals surface area contributed by atoms with Crippen molar-refractivity contribution in [3.8, 4) is 0 Å². The fourth-order valence-corrected chi connectivity index (χ4v) is 1.85. The summed E-state index contributed by atoms with van der Waals surface area (Å²) in [6.45, 7) is 2.10. The molecule has 1 aromatic carbocycles. The van der Waals surface area contributed by atoms with Gasteiger partial charge in [0.15, 0.2) is 0 Å².